The SMILES string of the molecule is O=C(C[CH](c1ccccc1)[Ge]([c]1ccccc1)([c]1ccccc1)[c]1ccccc1)[O][Bi]([O]C(=O)C[CH](c1ccccc1)[Ge]([c]1ccccc1)([c]1ccccc1)[c]1ccccc1)([c]1ccccc1)([c]1ccccc1)[c]1ccccc1. The third-order valence-corrected chi connectivity index (χ3v) is 56.8. The van der Waals surface area contributed by atoms with E-state index < -0.39 is 58.1 Å². The second-order valence-electron chi connectivity index (χ2n) is 20.0. The van der Waals surface area contributed by atoms with E-state index in [-0.39, 0.29) is 22.3 Å². The first-order chi connectivity index (χ1) is 39.0. The van der Waals surface area contributed by atoms with Gasteiger partial charge in [-0.15, -0.1) is 0 Å². The first kappa shape index (κ1) is 53.3. The Kier molecular flexibility index (Phi) is 16.3. The molecule has 0 aromatic heterocycles. The van der Waals surface area contributed by atoms with Crippen LogP contribution in [0.3, 0.4) is 0 Å². The van der Waals surface area contributed by atoms with E-state index in [2.05, 4.69) is 231 Å². The van der Waals surface area contributed by atoms with Crippen LogP contribution in [0.5, 0.6) is 0 Å². The van der Waals surface area contributed by atoms with Crippen molar-refractivity contribution in [1.82, 2.24) is 0 Å². The van der Waals surface area contributed by atoms with Crippen LogP contribution in [-0.2, 0) is 15.2 Å². The summed E-state index contributed by atoms with van der Waals surface area (Å²) in [5, 5.41) is 0. The molecule has 79 heavy (non-hydrogen) atoms. The van der Waals surface area contributed by atoms with Crippen molar-refractivity contribution in [1.29, 1.82) is 0 Å². The number of rotatable bonds is 19. The summed E-state index contributed by atoms with van der Waals surface area (Å²) < 4.78 is 24.5. The van der Waals surface area contributed by atoms with Gasteiger partial charge in [0.15, 0.2) is 0 Å². The van der Waals surface area contributed by atoms with Gasteiger partial charge in [0.25, 0.3) is 0 Å². The molecular formula is C72H61BiGe2O4. The summed E-state index contributed by atoms with van der Waals surface area (Å²) in [5.41, 5.74) is 2.08. The molecule has 11 aromatic rings. The maximum absolute atomic E-state index is 16.7. The molecule has 0 aliphatic rings. The van der Waals surface area contributed by atoms with E-state index in [9.17, 15) is 0 Å². The van der Waals surface area contributed by atoms with Crippen LogP contribution in [0.1, 0.15) is 33.5 Å². The summed E-state index contributed by atoms with van der Waals surface area (Å²) in [6, 6.07) is 116. The first-order valence-corrected chi connectivity index (χ1v) is 43.8. The zero-order valence-electron chi connectivity index (χ0n) is 43.9. The van der Waals surface area contributed by atoms with Crippen molar-refractivity contribution in [2.75, 3.05) is 0 Å². The molecule has 2 unspecified atom stereocenters. The van der Waals surface area contributed by atoms with Crippen molar-refractivity contribution in [3.8, 4) is 0 Å². The molecule has 2 atom stereocenters. The van der Waals surface area contributed by atoms with Crippen LogP contribution in [0.15, 0.2) is 334 Å². The first-order valence-electron chi connectivity index (χ1n) is 27.0. The van der Waals surface area contributed by atoms with Crippen molar-refractivity contribution in [3.05, 3.63) is 345 Å². The molecule has 11 rings (SSSR count). The van der Waals surface area contributed by atoms with Crippen LogP contribution in [0, 0.1) is 0 Å². The van der Waals surface area contributed by atoms with Gasteiger partial charge in [0.05, 0.1) is 0 Å². The van der Waals surface area contributed by atoms with Gasteiger partial charge < -0.3 is 0 Å². The monoisotopic (exact) mass is 1350 g/mol. The second kappa shape index (κ2) is 24.1. The number of carbonyl (C=O) groups excluding carboxylic acids is 2. The van der Waals surface area contributed by atoms with Gasteiger partial charge in [0.2, 0.25) is 0 Å². The standard InChI is InChI=1S/2C27H24GeO2.3C6H5.Bi/c2*29-27(30)21-26(22-13-5-1-6-14-22)28(23-15-7-2-8-16-23,24-17-9-3-10-18-24)25-19-11-4-12-20-25;3*1-2-4-6-5-3-1;/h2*1-20,26H,21H2,(H,29,30);3*1-5H;/q;;;;;+2/p-2. The Morgan fingerprint density at radius 1 is 0.266 bits per heavy atom. The molecule has 0 bridgehead atoms. The van der Waals surface area contributed by atoms with Gasteiger partial charge in [-0.05, 0) is 0 Å². The molecule has 0 saturated carbocycles. The summed E-state index contributed by atoms with van der Waals surface area (Å²) >= 11 is -15.1. The minimum absolute atomic E-state index is 0.00124. The average Bonchev–Trinajstić information content (AvgIpc) is 3.72. The molecule has 0 aliphatic heterocycles. The van der Waals surface area contributed by atoms with Crippen molar-refractivity contribution >= 4 is 94.3 Å². The van der Waals surface area contributed by atoms with Gasteiger partial charge in [-0.3, -0.25) is 0 Å². The number of carbonyl (C=O) groups is 2. The van der Waals surface area contributed by atoms with Crippen molar-refractivity contribution in [2.45, 2.75) is 22.3 Å². The molecule has 4 nitrogen and oxygen atoms in total. The number of benzene rings is 11. The van der Waals surface area contributed by atoms with Gasteiger partial charge in [0.1, 0.15) is 0 Å². The van der Waals surface area contributed by atoms with Gasteiger partial charge >= 0.3 is 477 Å². The fourth-order valence-corrected chi connectivity index (χ4v) is 53.7. The molecule has 0 N–H and O–H groups in total. The molecule has 11 aromatic carbocycles. The Labute approximate surface area is 472 Å². The van der Waals surface area contributed by atoms with Crippen molar-refractivity contribution in [3.63, 3.8) is 0 Å². The zero-order valence-corrected chi connectivity index (χ0v) is 51.6. The number of hydrogen-bond acceptors (Lipinski definition) is 4. The molecule has 0 spiro atoms. The quantitative estimate of drug-likeness (QED) is 0.0758. The molecule has 0 heterocycles. The van der Waals surface area contributed by atoms with E-state index in [0.717, 1.165) is 11.1 Å². The molecule has 0 saturated heterocycles. The van der Waals surface area contributed by atoms with Gasteiger partial charge in [-0.2, -0.15) is 0 Å². The normalized spacial score (nSPS) is 12.9. The molecule has 0 aliphatic carbocycles. The Hall–Kier alpha value is -7.67. The van der Waals surface area contributed by atoms with Crippen LogP contribution >= 0.6 is 0 Å². The molecular weight excluding hydrogens is 1280 g/mol. The summed E-state index contributed by atoms with van der Waals surface area (Å²) in [7, 11) is 0. The Bertz CT molecular complexity index is 3220. The molecule has 7 heteroatoms. The third-order valence-electron chi connectivity index (χ3n) is 15.8. The van der Waals surface area contributed by atoms with E-state index in [1.165, 1.54) is 26.4 Å². The topological polar surface area (TPSA) is 52.6 Å². The maximum atomic E-state index is 16.7. The predicted molar refractivity (Wildman–Crippen MR) is 332 cm³/mol. The zero-order chi connectivity index (χ0) is 53.8. The Morgan fingerprint density at radius 2 is 0.443 bits per heavy atom. The summed E-state index contributed by atoms with van der Waals surface area (Å²) in [6.45, 7) is 0. The van der Waals surface area contributed by atoms with Crippen molar-refractivity contribution in [2.24, 2.45) is 0 Å². The van der Waals surface area contributed by atoms with E-state index in [4.69, 9.17) is 5.63 Å². The van der Waals surface area contributed by atoms with Crippen LogP contribution < -0.4 is 36.2 Å². The van der Waals surface area contributed by atoms with E-state index >= 15 is 9.59 Å². The summed E-state index contributed by atoms with van der Waals surface area (Å²) in [4.78, 5) is 33.5. The predicted octanol–water partition coefficient (Wildman–Crippen LogP) is 9.96. The van der Waals surface area contributed by atoms with Crippen LogP contribution in [0.4, 0.5) is 0 Å². The van der Waals surface area contributed by atoms with Gasteiger partial charge in [-0.25, -0.2) is 0 Å². The van der Waals surface area contributed by atoms with Gasteiger partial charge in [0, 0.05) is 0 Å². The van der Waals surface area contributed by atoms with Gasteiger partial charge in [-0.1, -0.05) is 0 Å². The second-order valence-corrected chi connectivity index (χ2v) is 51.9. The third kappa shape index (κ3) is 10.1. The molecule has 386 valence electrons. The molecule has 0 radical (unpaired) electrons. The van der Waals surface area contributed by atoms with Crippen LogP contribution in [0.25, 0.3) is 0 Å². The number of hydrogen-bond donors (Lipinski definition) is 0. The van der Waals surface area contributed by atoms with E-state index in [0.29, 0.717) is 9.81 Å². The van der Waals surface area contributed by atoms with Crippen molar-refractivity contribution < 1.29 is 15.2 Å². The summed E-state index contributed by atoms with van der Waals surface area (Å²) in [5.74, 6) is -0.874. The molecule has 0 amide bonds. The average molecular weight is 1340 g/mol. The Balaban J connectivity index is 1.15. The van der Waals surface area contributed by atoms with Crippen LogP contribution in [0.2, 0.25) is 0 Å². The van der Waals surface area contributed by atoms with E-state index in [1.54, 1.807) is 0 Å². The fraction of sp³-hybridized carbons (Fsp3) is 0.0556. The summed E-state index contributed by atoms with van der Waals surface area (Å²) in [6.07, 6.45) is -0.00247. The fourth-order valence-electron chi connectivity index (χ4n) is 12.5. The minimum atomic E-state index is -6.83. The molecule has 0 fully saturated rings. The van der Waals surface area contributed by atoms with E-state index in [1.807, 2.05) is 103 Å². The van der Waals surface area contributed by atoms with Crippen LogP contribution in [-0.4, -0.2) is 58.1 Å². The Morgan fingerprint density at radius 3 is 0.646 bits per heavy atom.